The third kappa shape index (κ3) is 4.06. The summed E-state index contributed by atoms with van der Waals surface area (Å²) in [5, 5.41) is 0. The smallest absolute Gasteiger partial charge is 0.358 e. The number of alkyl halides is 3. The molecule has 0 bridgehead atoms. The Morgan fingerprint density at radius 3 is 2.46 bits per heavy atom. The van der Waals surface area contributed by atoms with Crippen LogP contribution in [0.5, 0.6) is 0 Å². The van der Waals surface area contributed by atoms with Gasteiger partial charge in [0.05, 0.1) is 12.7 Å². The van der Waals surface area contributed by atoms with Crippen molar-refractivity contribution in [1.29, 1.82) is 0 Å². The first-order chi connectivity index (χ1) is 17.3. The lowest BCUT2D eigenvalue weighted by molar-refractivity contribution is -0.272. The van der Waals surface area contributed by atoms with Crippen molar-refractivity contribution in [3.05, 3.63) is 0 Å². The van der Waals surface area contributed by atoms with Crippen molar-refractivity contribution < 1.29 is 23.8 Å². The molecule has 2 aliphatic heterocycles. The van der Waals surface area contributed by atoms with E-state index in [1.165, 1.54) is 0 Å². The van der Waals surface area contributed by atoms with Gasteiger partial charge in [0.1, 0.15) is 11.9 Å². The van der Waals surface area contributed by atoms with E-state index in [4.69, 9.17) is 49.0 Å². The normalized spacial score (nSPS) is 53.3. The molecular weight excluding hydrogens is 535 g/mol. The molecule has 4 saturated carbocycles. The Kier molecular flexibility index (Phi) is 6.57. The van der Waals surface area contributed by atoms with Gasteiger partial charge in [0.15, 0.2) is 5.79 Å². The van der Waals surface area contributed by atoms with Gasteiger partial charge in [-0.15, -0.1) is 0 Å². The number of ketones is 1. The molecule has 8 heteroatoms. The van der Waals surface area contributed by atoms with E-state index in [0.717, 1.165) is 51.6 Å². The topological polar surface area (TPSA) is 61.8 Å². The average molecular weight is 576 g/mol. The van der Waals surface area contributed by atoms with Crippen LogP contribution in [0.2, 0.25) is 0 Å². The molecule has 0 aromatic heterocycles. The van der Waals surface area contributed by atoms with E-state index >= 15 is 0 Å². The second kappa shape index (κ2) is 8.96. The Balaban J connectivity index is 1.20. The average Bonchev–Trinajstić information content (AvgIpc) is 3.25. The molecule has 6 fully saturated rings. The molecule has 208 valence electrons. The number of esters is 1. The molecule has 6 rings (SSSR count). The first-order valence-electron chi connectivity index (χ1n) is 14.4. The lowest BCUT2D eigenvalue weighted by Crippen LogP contribution is -2.58. The zero-order chi connectivity index (χ0) is 26.5. The lowest BCUT2D eigenvalue weighted by Gasteiger charge is -2.60. The van der Waals surface area contributed by atoms with Crippen LogP contribution >= 0.6 is 34.8 Å². The van der Waals surface area contributed by atoms with Crippen LogP contribution in [0.25, 0.3) is 0 Å². The summed E-state index contributed by atoms with van der Waals surface area (Å²) in [4.78, 5) is 26.3. The number of ether oxygens (including phenoxy) is 3. The van der Waals surface area contributed by atoms with E-state index < -0.39 is 15.5 Å². The molecule has 0 amide bonds. The van der Waals surface area contributed by atoms with Crippen molar-refractivity contribution in [3.63, 3.8) is 0 Å². The second-order valence-electron chi connectivity index (χ2n) is 13.9. The highest BCUT2D eigenvalue weighted by Gasteiger charge is 2.70. The van der Waals surface area contributed by atoms with E-state index in [9.17, 15) is 9.59 Å². The maximum absolute atomic E-state index is 14.1. The third-order valence-electron chi connectivity index (χ3n) is 12.1. The minimum absolute atomic E-state index is 0.0292. The predicted molar refractivity (Wildman–Crippen MR) is 142 cm³/mol. The van der Waals surface area contributed by atoms with Gasteiger partial charge in [-0.2, -0.15) is 0 Å². The molecule has 1 spiro atoms. The summed E-state index contributed by atoms with van der Waals surface area (Å²) in [6.07, 6.45) is 8.15. The molecule has 0 N–H and O–H groups in total. The minimum Gasteiger partial charge on any atom is -0.459 e. The van der Waals surface area contributed by atoms with Crippen molar-refractivity contribution in [2.75, 3.05) is 6.61 Å². The lowest BCUT2D eigenvalue weighted by atomic mass is 9.44. The van der Waals surface area contributed by atoms with Crippen molar-refractivity contribution in [1.82, 2.24) is 0 Å². The van der Waals surface area contributed by atoms with Crippen LogP contribution in [0.3, 0.4) is 0 Å². The molecule has 2 saturated heterocycles. The molecule has 0 aromatic carbocycles. The summed E-state index contributed by atoms with van der Waals surface area (Å²) in [6.45, 7) is 10.1. The fourth-order valence-corrected chi connectivity index (χ4v) is 10.5. The summed E-state index contributed by atoms with van der Waals surface area (Å²) < 4.78 is 16.8. The zero-order valence-corrected chi connectivity index (χ0v) is 24.7. The maximum Gasteiger partial charge on any atom is 0.358 e. The highest BCUT2D eigenvalue weighted by molar-refractivity contribution is 6.75. The summed E-state index contributed by atoms with van der Waals surface area (Å²) in [6, 6.07) is 0. The van der Waals surface area contributed by atoms with Crippen LogP contribution in [-0.4, -0.2) is 40.1 Å². The number of carbonyl (C=O) groups is 2. The molecule has 37 heavy (non-hydrogen) atoms. The van der Waals surface area contributed by atoms with Gasteiger partial charge < -0.3 is 14.2 Å². The van der Waals surface area contributed by atoms with E-state index in [-0.39, 0.29) is 29.0 Å². The fraction of sp³-hybridized carbons (Fsp3) is 0.931. The van der Waals surface area contributed by atoms with Gasteiger partial charge in [-0.25, -0.2) is 4.79 Å². The largest absolute Gasteiger partial charge is 0.459 e. The van der Waals surface area contributed by atoms with Crippen LogP contribution in [0.15, 0.2) is 0 Å². The van der Waals surface area contributed by atoms with Crippen LogP contribution in [0.4, 0.5) is 0 Å². The molecule has 2 heterocycles. The van der Waals surface area contributed by atoms with Crippen molar-refractivity contribution in [2.45, 2.75) is 107 Å². The van der Waals surface area contributed by atoms with Gasteiger partial charge in [-0.3, -0.25) is 4.79 Å². The summed E-state index contributed by atoms with van der Waals surface area (Å²) >= 11 is 17.2. The van der Waals surface area contributed by atoms with Crippen molar-refractivity contribution >= 4 is 46.6 Å². The van der Waals surface area contributed by atoms with Gasteiger partial charge in [0.25, 0.3) is 3.79 Å². The van der Waals surface area contributed by atoms with Gasteiger partial charge in [0, 0.05) is 24.7 Å². The zero-order valence-electron chi connectivity index (χ0n) is 22.4. The van der Waals surface area contributed by atoms with Crippen molar-refractivity contribution in [3.8, 4) is 0 Å². The summed E-state index contributed by atoms with van der Waals surface area (Å²) in [5.74, 6) is 1.76. The first-order valence-corrected chi connectivity index (χ1v) is 15.5. The Hall–Kier alpha value is -0.0700. The van der Waals surface area contributed by atoms with Crippen LogP contribution in [-0.2, 0) is 23.8 Å². The van der Waals surface area contributed by atoms with Crippen LogP contribution in [0, 0.1) is 52.3 Å². The number of fused-ring (bicyclic) bond motifs is 7. The Morgan fingerprint density at radius 1 is 1.03 bits per heavy atom. The van der Waals surface area contributed by atoms with E-state index in [0.29, 0.717) is 54.1 Å². The Labute approximate surface area is 235 Å². The number of Topliss-reactive ketones (excluding diaryl/α,β-unsaturated/α-hetero) is 1. The second-order valence-corrected chi connectivity index (χ2v) is 16.2. The number of hydrogen-bond donors (Lipinski definition) is 0. The van der Waals surface area contributed by atoms with Gasteiger partial charge in [-0.1, -0.05) is 62.5 Å². The molecule has 12 atom stereocenters. The van der Waals surface area contributed by atoms with Crippen LogP contribution < -0.4 is 0 Å². The molecule has 6 aliphatic rings. The number of halogens is 3. The Morgan fingerprint density at radius 2 is 1.78 bits per heavy atom. The number of carbonyl (C=O) groups excluding carboxylic acids is 2. The minimum atomic E-state index is -2.05. The molecule has 0 unspecified atom stereocenters. The molecule has 0 aromatic rings. The van der Waals surface area contributed by atoms with E-state index in [2.05, 4.69) is 27.7 Å². The number of hydrogen-bond acceptors (Lipinski definition) is 5. The molecule has 0 radical (unpaired) electrons. The van der Waals surface area contributed by atoms with Crippen molar-refractivity contribution in [2.24, 2.45) is 52.3 Å². The SMILES string of the molecule is C[C@@H]1CC[C@@]2(OC1)O[C@@H]1C[C@@H]3[C@@H]4CC[C@@H]5C[C@@H](OC(=O)C(Cl)(Cl)Cl)CC[C@]5(C)[C@H]4C(=O)C[C@]3(C)[C@@H]1[C@@H]2C. The standard InChI is InChI=1S/C29H41Cl3O5/c1-15-7-10-28(35-14-15)16(2)23-22(37-28)12-20-19-6-5-17-11-18(36-25(34)29(30,31)32)8-9-26(17,3)24(19)21(33)13-27(20,23)4/h15-20,22-24H,5-14H2,1-4H3/t15-,16+,17-,18+,19+,20-,22-,23-,24-,26+,27+,28-/m1/s1. The third-order valence-corrected chi connectivity index (χ3v) is 12.5. The number of rotatable bonds is 1. The quantitative estimate of drug-likeness (QED) is 0.252. The molecular formula is C29H41Cl3O5. The van der Waals surface area contributed by atoms with Crippen LogP contribution in [0.1, 0.15) is 85.5 Å². The van der Waals surface area contributed by atoms with Gasteiger partial charge >= 0.3 is 5.97 Å². The maximum atomic E-state index is 14.1. The van der Waals surface area contributed by atoms with Gasteiger partial charge in [-0.05, 0) is 85.4 Å². The summed E-state index contributed by atoms with van der Waals surface area (Å²) in [7, 11) is 0. The van der Waals surface area contributed by atoms with E-state index in [1.54, 1.807) is 0 Å². The fourth-order valence-electron chi connectivity index (χ4n) is 10.4. The Bertz CT molecular complexity index is 958. The highest BCUT2D eigenvalue weighted by Crippen LogP contribution is 2.70. The summed E-state index contributed by atoms with van der Waals surface area (Å²) in [5.41, 5.74) is -0.100. The highest BCUT2D eigenvalue weighted by atomic mass is 35.6. The molecule has 4 aliphatic carbocycles. The van der Waals surface area contributed by atoms with E-state index in [1.807, 2.05) is 0 Å². The predicted octanol–water partition coefficient (Wildman–Crippen LogP) is 6.89. The monoisotopic (exact) mass is 574 g/mol. The first kappa shape index (κ1) is 27.1. The molecule has 5 nitrogen and oxygen atoms in total. The van der Waals surface area contributed by atoms with Gasteiger partial charge in [0.2, 0.25) is 0 Å².